The van der Waals surface area contributed by atoms with Crippen LogP contribution in [0.15, 0.2) is 41.3 Å². The maximum atomic E-state index is 12.9. The summed E-state index contributed by atoms with van der Waals surface area (Å²) in [5, 5.41) is 0.0503. The van der Waals surface area contributed by atoms with Crippen LogP contribution in [0.1, 0.15) is 27.2 Å². The summed E-state index contributed by atoms with van der Waals surface area (Å²) in [4.78, 5) is 14.5. The van der Waals surface area contributed by atoms with Gasteiger partial charge in [0, 0.05) is 18.7 Å². The Bertz CT molecular complexity index is 1070. The van der Waals surface area contributed by atoms with Crippen molar-refractivity contribution in [1.82, 2.24) is 0 Å². The van der Waals surface area contributed by atoms with Crippen molar-refractivity contribution in [1.29, 1.82) is 0 Å². The van der Waals surface area contributed by atoms with Gasteiger partial charge in [0.05, 0.1) is 28.9 Å². The molecule has 0 saturated carbocycles. The van der Waals surface area contributed by atoms with Gasteiger partial charge in [-0.3, -0.25) is 9.52 Å². The molecule has 2 aromatic carbocycles. The second-order valence-electron chi connectivity index (χ2n) is 7.71. The van der Waals surface area contributed by atoms with Crippen molar-refractivity contribution in [3.63, 3.8) is 0 Å². The van der Waals surface area contributed by atoms with Gasteiger partial charge in [0.1, 0.15) is 23.0 Å². The second-order valence-corrected chi connectivity index (χ2v) is 9.77. The number of rotatable bonds is 6. The number of amides is 1. The molecule has 30 heavy (non-hydrogen) atoms. The second kappa shape index (κ2) is 8.35. The number of benzene rings is 2. The number of fused-ring (bicyclic) bond motifs is 1. The molecule has 0 aliphatic carbocycles. The van der Waals surface area contributed by atoms with Gasteiger partial charge < -0.3 is 14.4 Å². The highest BCUT2D eigenvalue weighted by molar-refractivity contribution is 7.92. The van der Waals surface area contributed by atoms with Crippen molar-refractivity contribution in [2.24, 2.45) is 5.41 Å². The fourth-order valence-electron chi connectivity index (χ4n) is 3.19. The lowest BCUT2D eigenvalue weighted by Gasteiger charge is -2.27. The fraction of sp³-hybridized carbons (Fsp3) is 0.381. The van der Waals surface area contributed by atoms with E-state index in [1.807, 2.05) is 20.8 Å². The molecule has 9 heteroatoms. The minimum absolute atomic E-state index is 0.0264. The number of carbonyl (C=O) groups is 1. The summed E-state index contributed by atoms with van der Waals surface area (Å²) in [6, 6.07) is 9.22. The smallest absolute Gasteiger partial charge is 0.263 e. The summed E-state index contributed by atoms with van der Waals surface area (Å²) < 4.78 is 39.1. The molecule has 162 valence electrons. The topological polar surface area (TPSA) is 84.9 Å². The van der Waals surface area contributed by atoms with E-state index in [4.69, 9.17) is 21.1 Å². The number of sulfonamides is 1. The largest absolute Gasteiger partial charge is 0.497 e. The third-order valence-corrected chi connectivity index (χ3v) is 6.66. The van der Waals surface area contributed by atoms with Gasteiger partial charge in [-0.2, -0.15) is 0 Å². The van der Waals surface area contributed by atoms with Crippen LogP contribution in [0.4, 0.5) is 11.4 Å². The lowest BCUT2D eigenvalue weighted by Crippen LogP contribution is -2.42. The number of methoxy groups -OCH3 is 1. The number of hydrogen-bond acceptors (Lipinski definition) is 5. The van der Waals surface area contributed by atoms with E-state index < -0.39 is 15.4 Å². The first-order valence-corrected chi connectivity index (χ1v) is 11.4. The molecular formula is C21H25ClN2O5S. The number of anilines is 2. The molecule has 0 fully saturated rings. The molecule has 3 rings (SSSR count). The van der Waals surface area contributed by atoms with Crippen LogP contribution in [0.2, 0.25) is 5.02 Å². The number of nitrogens with zero attached hydrogens (tertiary/aromatic N) is 1. The van der Waals surface area contributed by atoms with Crippen molar-refractivity contribution in [2.75, 3.05) is 29.9 Å². The minimum Gasteiger partial charge on any atom is -0.497 e. The van der Waals surface area contributed by atoms with E-state index in [1.54, 1.807) is 23.1 Å². The first-order chi connectivity index (χ1) is 14.1. The summed E-state index contributed by atoms with van der Waals surface area (Å²) in [7, 11) is -2.46. The Morgan fingerprint density at radius 1 is 1.23 bits per heavy atom. The molecule has 7 nitrogen and oxygen atoms in total. The van der Waals surface area contributed by atoms with Gasteiger partial charge in [0.25, 0.3) is 10.0 Å². The third kappa shape index (κ3) is 4.34. The van der Waals surface area contributed by atoms with Gasteiger partial charge >= 0.3 is 0 Å². The molecule has 1 N–H and O–H groups in total. The average Bonchev–Trinajstić information content (AvgIpc) is 2.78. The highest BCUT2D eigenvalue weighted by Crippen LogP contribution is 2.39. The van der Waals surface area contributed by atoms with Crippen molar-refractivity contribution >= 4 is 38.9 Å². The molecule has 0 unspecified atom stereocenters. The Labute approximate surface area is 182 Å². The highest BCUT2D eigenvalue weighted by atomic mass is 35.5. The van der Waals surface area contributed by atoms with Crippen molar-refractivity contribution in [3.8, 4) is 11.5 Å². The van der Waals surface area contributed by atoms with E-state index in [2.05, 4.69) is 4.72 Å². The molecule has 0 bridgehead atoms. The molecule has 1 amide bonds. The van der Waals surface area contributed by atoms with E-state index in [9.17, 15) is 13.2 Å². The molecule has 1 aliphatic heterocycles. The Morgan fingerprint density at radius 3 is 2.60 bits per heavy atom. The zero-order chi connectivity index (χ0) is 22.1. The van der Waals surface area contributed by atoms with Gasteiger partial charge in [0.2, 0.25) is 5.91 Å². The molecule has 0 aromatic heterocycles. The predicted molar refractivity (Wildman–Crippen MR) is 117 cm³/mol. The summed E-state index contributed by atoms with van der Waals surface area (Å²) in [6.45, 7) is 6.40. The Morgan fingerprint density at radius 2 is 1.97 bits per heavy atom. The molecular weight excluding hydrogens is 428 g/mol. The zero-order valence-electron chi connectivity index (χ0n) is 17.4. The van der Waals surface area contributed by atoms with E-state index in [0.717, 1.165) is 6.42 Å². The van der Waals surface area contributed by atoms with Crippen LogP contribution in [0, 0.1) is 5.41 Å². The lowest BCUT2D eigenvalue weighted by molar-refractivity contribution is -0.127. The van der Waals surface area contributed by atoms with Gasteiger partial charge in [0.15, 0.2) is 0 Å². The summed E-state index contributed by atoms with van der Waals surface area (Å²) in [5.41, 5.74) is 0.242. The molecule has 1 heterocycles. The Hall–Kier alpha value is -2.45. The average molecular weight is 453 g/mol. The Kier molecular flexibility index (Phi) is 6.19. The zero-order valence-corrected chi connectivity index (χ0v) is 18.9. The summed E-state index contributed by atoms with van der Waals surface area (Å²) in [6.07, 6.45) is 0.783. The maximum absolute atomic E-state index is 12.9. The lowest BCUT2D eigenvalue weighted by atomic mass is 9.93. The quantitative estimate of drug-likeness (QED) is 0.705. The van der Waals surface area contributed by atoms with Gasteiger partial charge in [-0.25, -0.2) is 8.42 Å². The molecule has 1 aliphatic rings. The van der Waals surface area contributed by atoms with Crippen LogP contribution in [0.25, 0.3) is 0 Å². The molecule has 0 radical (unpaired) electrons. The summed E-state index contributed by atoms with van der Waals surface area (Å²) in [5.74, 6) is 0.880. The van der Waals surface area contributed by atoms with Gasteiger partial charge in [-0.1, -0.05) is 18.5 Å². The molecule has 0 spiro atoms. The monoisotopic (exact) mass is 452 g/mol. The molecule has 0 atom stereocenters. The number of carbonyl (C=O) groups excluding carboxylic acids is 1. The predicted octanol–water partition coefficient (Wildman–Crippen LogP) is 4.31. The molecule has 2 aromatic rings. The van der Waals surface area contributed by atoms with Crippen LogP contribution in [0.5, 0.6) is 11.5 Å². The van der Waals surface area contributed by atoms with E-state index >= 15 is 0 Å². The molecule has 0 saturated heterocycles. The standard InChI is InChI=1S/C21H25ClN2O5S/c1-5-10-24-17-8-6-14(11-18(17)29-13-21(2,3)20(24)25)23-30(26,27)19-9-7-15(28-4)12-16(19)22/h6-9,11-12,23H,5,10,13H2,1-4H3. The first-order valence-electron chi connectivity index (χ1n) is 9.54. The van der Waals surface area contributed by atoms with Crippen LogP contribution in [-0.2, 0) is 14.8 Å². The third-order valence-electron chi connectivity index (χ3n) is 4.79. The SMILES string of the molecule is CCCN1C(=O)C(C)(C)COc2cc(NS(=O)(=O)c3ccc(OC)cc3Cl)ccc21. The normalized spacial score (nSPS) is 15.8. The van der Waals surface area contributed by atoms with Crippen LogP contribution in [-0.4, -0.2) is 34.6 Å². The van der Waals surface area contributed by atoms with Crippen molar-refractivity contribution in [3.05, 3.63) is 41.4 Å². The number of nitrogens with one attached hydrogen (secondary N) is 1. The van der Waals surface area contributed by atoms with Gasteiger partial charge in [-0.15, -0.1) is 0 Å². The van der Waals surface area contributed by atoms with Crippen LogP contribution in [0.3, 0.4) is 0 Å². The van der Waals surface area contributed by atoms with Gasteiger partial charge in [-0.05, 0) is 44.5 Å². The van der Waals surface area contributed by atoms with Crippen molar-refractivity contribution in [2.45, 2.75) is 32.1 Å². The number of ether oxygens (including phenoxy) is 2. The number of hydrogen-bond donors (Lipinski definition) is 1. The fourth-order valence-corrected chi connectivity index (χ4v) is 4.78. The van der Waals surface area contributed by atoms with E-state index in [1.165, 1.54) is 25.3 Å². The maximum Gasteiger partial charge on any atom is 0.263 e. The Balaban J connectivity index is 1.95. The van der Waals surface area contributed by atoms with Crippen LogP contribution < -0.4 is 19.1 Å². The van der Waals surface area contributed by atoms with E-state index in [0.29, 0.717) is 29.4 Å². The first kappa shape index (κ1) is 22.2. The minimum atomic E-state index is -3.94. The number of halogens is 1. The van der Waals surface area contributed by atoms with E-state index in [-0.39, 0.29) is 22.4 Å². The van der Waals surface area contributed by atoms with Crippen molar-refractivity contribution < 1.29 is 22.7 Å². The highest BCUT2D eigenvalue weighted by Gasteiger charge is 2.37. The van der Waals surface area contributed by atoms with Crippen LogP contribution >= 0.6 is 11.6 Å². The summed E-state index contributed by atoms with van der Waals surface area (Å²) >= 11 is 6.13.